The maximum absolute atomic E-state index is 14.4. The van der Waals surface area contributed by atoms with Gasteiger partial charge in [-0.3, -0.25) is 37.9 Å². The quantitative estimate of drug-likeness (QED) is 0.0309. The number of carbonyl (C=O) groups excluding carboxylic acids is 6. The molecule has 0 radical (unpaired) electrons. The van der Waals surface area contributed by atoms with Gasteiger partial charge in [-0.25, -0.2) is 0 Å². The van der Waals surface area contributed by atoms with E-state index in [1.54, 1.807) is 25.9 Å². The fraction of sp³-hybridized carbons (Fsp3) is 0.937. The van der Waals surface area contributed by atoms with Gasteiger partial charge < -0.3 is 150 Å². The number of nitrogens with zero attached hydrogens (tertiary/aromatic N) is 2. The molecule has 6 amide bonds. The number of nitrogens with one attached hydrogen (secondary N) is 5. The van der Waals surface area contributed by atoms with Gasteiger partial charge in [-0.1, -0.05) is 130 Å². The van der Waals surface area contributed by atoms with Gasteiger partial charge in [0, 0.05) is 52.7 Å². The normalized spacial score (nSPS) is 13.8. The molecule has 7 N–H and O–H groups in total. The SMILES string of the molecule is CCCCCCCCCCCCCCCCCCCC(=O)N[C@@H](CCS(=O)(=O)O)C(=O)N[C@@H](CCS(=O)(=O)O)C(=O)N[C@H](C(=O)N[C@@H](CCCCNC(=O)CCOCCOCCOCCOCCOCCOCCOCCOCCOCCOCCOCCOCCOCCOCCOCCOCCOCCOCCOCCOCCOCCOCCOCCOC)C(=O)N1CCN(C)CC1)[C@@H](C)CC. The van der Waals surface area contributed by atoms with Crippen LogP contribution in [-0.4, -0.2) is 464 Å². The Kier molecular flexibility index (Phi) is 96.0. The zero-order valence-electron chi connectivity index (χ0n) is 85.7. The summed E-state index contributed by atoms with van der Waals surface area (Å²) in [4.78, 5) is 86.4. The van der Waals surface area contributed by atoms with Crippen LogP contribution in [0.3, 0.4) is 0 Å². The standard InChI is InChI=1S/C95H185N7O36S2/c1-6-8-9-10-11-12-13-14-15-16-17-18-19-20-21-22-23-27-90(104)97-86(29-83-139(109,110)111)92(105)98-87(30-84-140(112,113)114)93(106)100-91(85(3)7-2)94(107)99-88(95(108)102-34-32-101(4)33-35-102)26-24-25-31-96-89(103)28-36-116-39-40-118-43-44-120-47-48-122-51-52-124-55-56-126-59-60-128-63-64-130-67-68-132-71-72-134-75-76-136-79-80-138-82-81-137-78-77-135-74-73-133-70-69-131-66-65-129-62-61-127-58-57-125-54-53-123-50-49-121-46-45-119-42-41-117-38-37-115-5/h85-88,91H,6-84H2,1-5H3,(H,96,103)(H,97,104)(H,98,105)(H,99,107)(H,100,106)(H,109,110,111)(H,112,113,114)/t85-,86-,87-,88-,91-/m0/s1. The van der Waals surface area contributed by atoms with Crippen LogP contribution in [0.5, 0.6) is 0 Å². The van der Waals surface area contributed by atoms with Gasteiger partial charge in [-0.15, -0.1) is 0 Å². The van der Waals surface area contributed by atoms with Crippen molar-refractivity contribution in [3.05, 3.63) is 0 Å². The van der Waals surface area contributed by atoms with Gasteiger partial charge in [0.05, 0.1) is 322 Å². The van der Waals surface area contributed by atoms with Crippen molar-refractivity contribution in [3.63, 3.8) is 0 Å². The van der Waals surface area contributed by atoms with E-state index in [1.807, 2.05) is 7.05 Å². The summed E-state index contributed by atoms with van der Waals surface area (Å²) in [7, 11) is -5.80. The molecule has 0 spiro atoms. The summed E-state index contributed by atoms with van der Waals surface area (Å²) in [6.45, 7) is 29.0. The molecule has 1 fully saturated rings. The second-order valence-electron chi connectivity index (χ2n) is 33.5. The Morgan fingerprint density at radius 3 is 0.821 bits per heavy atom. The molecule has 0 aromatic heterocycles. The number of methoxy groups -OCH3 is 1. The Balaban J connectivity index is 2.08. The first-order valence-corrected chi connectivity index (χ1v) is 54.5. The molecule has 0 saturated carbocycles. The molecule has 1 aliphatic rings. The molecule has 45 heteroatoms. The van der Waals surface area contributed by atoms with Crippen LogP contribution in [0, 0.1) is 5.92 Å². The highest BCUT2D eigenvalue weighted by molar-refractivity contribution is 7.86. The number of piperazine rings is 1. The molecule has 0 unspecified atom stereocenters. The Labute approximate surface area is 836 Å². The molecule has 5 atom stereocenters. The van der Waals surface area contributed by atoms with Gasteiger partial charge >= 0.3 is 0 Å². The number of hydrogen-bond donors (Lipinski definition) is 7. The average Bonchev–Trinajstić information content (AvgIpc) is 0.837. The summed E-state index contributed by atoms with van der Waals surface area (Å²) >= 11 is 0. The lowest BCUT2D eigenvalue weighted by Gasteiger charge is -2.35. The number of ether oxygens (including phenoxy) is 24. The maximum atomic E-state index is 14.4. The van der Waals surface area contributed by atoms with Crippen molar-refractivity contribution in [2.45, 2.75) is 205 Å². The fourth-order valence-electron chi connectivity index (χ4n) is 13.4. The predicted molar refractivity (Wildman–Crippen MR) is 524 cm³/mol. The van der Waals surface area contributed by atoms with Crippen molar-refractivity contribution < 1.29 is 168 Å². The van der Waals surface area contributed by atoms with Crippen LogP contribution in [0.15, 0.2) is 0 Å². The predicted octanol–water partition coefficient (Wildman–Crippen LogP) is 5.05. The Morgan fingerprint density at radius 1 is 0.286 bits per heavy atom. The maximum Gasteiger partial charge on any atom is 0.264 e. The van der Waals surface area contributed by atoms with Crippen molar-refractivity contribution in [2.24, 2.45) is 5.92 Å². The molecular formula is C95H185N7O36S2. The highest BCUT2D eigenvalue weighted by Gasteiger charge is 2.36. The molecule has 0 bridgehead atoms. The minimum absolute atomic E-state index is 0.00395. The van der Waals surface area contributed by atoms with Gasteiger partial charge in [0.1, 0.15) is 24.2 Å². The Hall–Kier alpha value is -4.36. The van der Waals surface area contributed by atoms with E-state index < -0.39 is 98.3 Å². The lowest BCUT2D eigenvalue weighted by Crippen LogP contribution is -2.60. The smallest absolute Gasteiger partial charge is 0.264 e. The van der Waals surface area contributed by atoms with E-state index in [2.05, 4.69) is 38.4 Å². The molecule has 43 nitrogen and oxygen atoms in total. The van der Waals surface area contributed by atoms with E-state index in [9.17, 15) is 54.7 Å². The monoisotopic (exact) mass is 2060 g/mol. The zero-order chi connectivity index (χ0) is 102. The van der Waals surface area contributed by atoms with Gasteiger partial charge in [-0.05, 0) is 51.5 Å². The van der Waals surface area contributed by atoms with Gasteiger partial charge in [0.15, 0.2) is 0 Å². The molecule has 0 aromatic rings. The van der Waals surface area contributed by atoms with Crippen LogP contribution >= 0.6 is 0 Å². The summed E-state index contributed by atoms with van der Waals surface area (Å²) in [5, 5.41) is 13.2. The third-order valence-electron chi connectivity index (χ3n) is 21.7. The van der Waals surface area contributed by atoms with E-state index in [1.165, 1.54) is 70.6 Å². The summed E-state index contributed by atoms with van der Waals surface area (Å²) in [5.74, 6) is -6.57. The minimum Gasteiger partial charge on any atom is -0.382 e. The fourth-order valence-corrected chi connectivity index (χ4v) is 14.4. The largest absolute Gasteiger partial charge is 0.382 e. The molecule has 1 saturated heterocycles. The van der Waals surface area contributed by atoms with Crippen molar-refractivity contribution >= 4 is 55.7 Å². The van der Waals surface area contributed by atoms with E-state index in [0.29, 0.717) is 349 Å². The van der Waals surface area contributed by atoms with Crippen LogP contribution in [0.1, 0.15) is 181 Å². The average molecular weight is 2070 g/mol. The number of unbranched alkanes of at least 4 members (excludes halogenated alkanes) is 17. The molecule has 1 heterocycles. The molecule has 828 valence electrons. The van der Waals surface area contributed by atoms with Crippen LogP contribution < -0.4 is 26.6 Å². The van der Waals surface area contributed by atoms with Crippen molar-refractivity contribution in [2.75, 3.05) is 369 Å². The van der Waals surface area contributed by atoms with Gasteiger partial charge in [-0.2, -0.15) is 16.8 Å². The van der Waals surface area contributed by atoms with Crippen LogP contribution in [0.2, 0.25) is 0 Å². The lowest BCUT2D eigenvalue weighted by atomic mass is 9.96. The molecule has 0 aromatic carbocycles. The molecular weight excluding hydrogens is 1880 g/mol. The highest BCUT2D eigenvalue weighted by atomic mass is 32.2. The van der Waals surface area contributed by atoms with Crippen LogP contribution in [0.4, 0.5) is 0 Å². The number of amides is 6. The topological polar surface area (TPSA) is 499 Å². The molecule has 1 aliphatic heterocycles. The lowest BCUT2D eigenvalue weighted by molar-refractivity contribution is -0.139. The van der Waals surface area contributed by atoms with Crippen LogP contribution in [0.25, 0.3) is 0 Å². The first-order valence-electron chi connectivity index (χ1n) is 51.3. The van der Waals surface area contributed by atoms with Gasteiger partial charge in [0.25, 0.3) is 20.2 Å². The zero-order valence-corrected chi connectivity index (χ0v) is 87.4. The molecule has 0 aliphatic carbocycles. The number of rotatable bonds is 111. The van der Waals surface area contributed by atoms with Crippen molar-refractivity contribution in [1.82, 2.24) is 36.4 Å². The summed E-state index contributed by atoms with van der Waals surface area (Å²) in [5.41, 5.74) is 0. The number of carbonyl (C=O) groups is 6. The van der Waals surface area contributed by atoms with E-state index in [0.717, 1.165) is 32.1 Å². The van der Waals surface area contributed by atoms with Crippen LogP contribution in [-0.2, 0) is 163 Å². The van der Waals surface area contributed by atoms with Crippen molar-refractivity contribution in [1.29, 1.82) is 0 Å². The number of likely N-dealkylation sites (N-methyl/N-ethyl adjacent to an activating group) is 1. The third kappa shape index (κ3) is 92.3. The van der Waals surface area contributed by atoms with E-state index >= 15 is 0 Å². The third-order valence-corrected chi connectivity index (χ3v) is 23.2. The first kappa shape index (κ1) is 134. The minimum atomic E-state index is -4.73. The summed E-state index contributed by atoms with van der Waals surface area (Å²) in [6, 6.07) is -5.73. The molecule has 1 rings (SSSR count). The Morgan fingerprint density at radius 2 is 0.543 bits per heavy atom. The summed E-state index contributed by atoms with van der Waals surface area (Å²) < 4.78 is 199. The van der Waals surface area contributed by atoms with E-state index in [4.69, 9.17) is 114 Å². The van der Waals surface area contributed by atoms with Gasteiger partial charge in [0.2, 0.25) is 35.4 Å². The summed E-state index contributed by atoms with van der Waals surface area (Å²) in [6.07, 6.45) is 19.7. The highest BCUT2D eigenvalue weighted by Crippen LogP contribution is 2.18. The van der Waals surface area contributed by atoms with Crippen molar-refractivity contribution in [3.8, 4) is 0 Å². The Bertz CT molecular complexity index is 3050. The number of hydrogen-bond acceptors (Lipinski definition) is 35. The molecule has 140 heavy (non-hydrogen) atoms. The second-order valence-corrected chi connectivity index (χ2v) is 36.6. The second kappa shape index (κ2) is 101. The first-order chi connectivity index (χ1) is 68.2. The van der Waals surface area contributed by atoms with E-state index in [-0.39, 0.29) is 50.8 Å².